The number of carbonyl (C=O) groups is 1. The van der Waals surface area contributed by atoms with Crippen LogP contribution in [0.3, 0.4) is 0 Å². The van der Waals surface area contributed by atoms with E-state index in [1.807, 2.05) is 0 Å². The van der Waals surface area contributed by atoms with Crippen molar-refractivity contribution in [3.8, 4) is 5.75 Å². The number of hydrogen-bond donors (Lipinski definition) is 1. The molecule has 0 aliphatic carbocycles. The van der Waals surface area contributed by atoms with Gasteiger partial charge in [-0.1, -0.05) is 0 Å². The predicted octanol–water partition coefficient (Wildman–Crippen LogP) is 1.23. The summed E-state index contributed by atoms with van der Waals surface area (Å²) in [5, 5.41) is 0. The van der Waals surface area contributed by atoms with Gasteiger partial charge in [0.15, 0.2) is 0 Å². The zero-order valence-corrected chi connectivity index (χ0v) is 9.25. The fraction of sp³-hybridized carbons (Fsp3) is 0.300. The van der Waals surface area contributed by atoms with Gasteiger partial charge in [0.1, 0.15) is 12.4 Å². The first kappa shape index (κ1) is 13.7. The summed E-state index contributed by atoms with van der Waals surface area (Å²) in [7, 11) is 1.35. The van der Waals surface area contributed by atoms with E-state index in [-0.39, 0.29) is 18.4 Å². The first-order valence-corrected chi connectivity index (χ1v) is 4.29. The molecule has 0 spiro atoms. The molecule has 1 aromatic rings. The average Bonchev–Trinajstić information content (AvgIpc) is 2.26. The number of rotatable bonds is 4. The summed E-state index contributed by atoms with van der Waals surface area (Å²) in [6, 6.07) is 6.72. The molecule has 0 radical (unpaired) electrons. The molecule has 2 N–H and O–H groups in total. The second-order valence-electron chi connectivity index (χ2n) is 2.65. The molecule has 0 unspecified atom stereocenters. The van der Waals surface area contributed by atoms with Crippen LogP contribution >= 0.6 is 12.4 Å². The molecular weight excluding hydrogens is 218 g/mol. The van der Waals surface area contributed by atoms with Crippen molar-refractivity contribution in [2.24, 2.45) is 5.73 Å². The highest BCUT2D eigenvalue weighted by Gasteiger charge is 2.03. The quantitative estimate of drug-likeness (QED) is 0.792. The van der Waals surface area contributed by atoms with Crippen molar-refractivity contribution in [2.75, 3.05) is 20.3 Å². The van der Waals surface area contributed by atoms with Crippen LogP contribution < -0.4 is 10.5 Å². The summed E-state index contributed by atoms with van der Waals surface area (Å²) in [4.78, 5) is 11.1. The summed E-state index contributed by atoms with van der Waals surface area (Å²) in [6.07, 6.45) is 0. The Hall–Kier alpha value is -1.26. The minimum Gasteiger partial charge on any atom is -0.492 e. The molecule has 5 heteroatoms. The van der Waals surface area contributed by atoms with Gasteiger partial charge < -0.3 is 15.2 Å². The van der Waals surface area contributed by atoms with Crippen LogP contribution in [-0.4, -0.2) is 26.2 Å². The van der Waals surface area contributed by atoms with E-state index in [2.05, 4.69) is 4.74 Å². The van der Waals surface area contributed by atoms with Crippen molar-refractivity contribution < 1.29 is 14.3 Å². The molecule has 0 bridgehead atoms. The maximum absolute atomic E-state index is 11.1. The molecule has 1 aromatic carbocycles. The molecule has 0 aliphatic heterocycles. The van der Waals surface area contributed by atoms with Crippen LogP contribution in [0.4, 0.5) is 0 Å². The van der Waals surface area contributed by atoms with Crippen molar-refractivity contribution in [3.63, 3.8) is 0 Å². The third-order valence-electron chi connectivity index (χ3n) is 1.66. The van der Waals surface area contributed by atoms with Crippen LogP contribution in [0.5, 0.6) is 5.75 Å². The summed E-state index contributed by atoms with van der Waals surface area (Å²) < 4.78 is 9.80. The lowest BCUT2D eigenvalue weighted by Gasteiger charge is -2.04. The molecule has 0 aliphatic rings. The molecule has 0 fully saturated rings. The van der Waals surface area contributed by atoms with Gasteiger partial charge in [0, 0.05) is 6.54 Å². The smallest absolute Gasteiger partial charge is 0.337 e. The maximum atomic E-state index is 11.1. The molecule has 15 heavy (non-hydrogen) atoms. The Labute approximate surface area is 94.8 Å². The van der Waals surface area contributed by atoms with Crippen LogP contribution in [0.1, 0.15) is 10.4 Å². The van der Waals surface area contributed by atoms with Crippen LogP contribution in [0.25, 0.3) is 0 Å². The van der Waals surface area contributed by atoms with Gasteiger partial charge in [0.25, 0.3) is 0 Å². The number of halogens is 1. The lowest BCUT2D eigenvalue weighted by Crippen LogP contribution is -2.10. The van der Waals surface area contributed by atoms with E-state index in [1.165, 1.54) is 7.11 Å². The van der Waals surface area contributed by atoms with Crippen LogP contribution in [0.15, 0.2) is 24.3 Å². The lowest BCUT2D eigenvalue weighted by molar-refractivity contribution is 0.0600. The van der Waals surface area contributed by atoms with E-state index in [9.17, 15) is 4.79 Å². The Morgan fingerprint density at radius 3 is 2.40 bits per heavy atom. The molecule has 84 valence electrons. The van der Waals surface area contributed by atoms with Gasteiger partial charge >= 0.3 is 5.97 Å². The number of nitrogens with two attached hydrogens (primary N) is 1. The monoisotopic (exact) mass is 231 g/mol. The minimum absolute atomic E-state index is 0. The van der Waals surface area contributed by atoms with Gasteiger partial charge in [-0.05, 0) is 24.3 Å². The summed E-state index contributed by atoms with van der Waals surface area (Å²) in [6.45, 7) is 0.941. The third kappa shape index (κ3) is 4.18. The zero-order valence-electron chi connectivity index (χ0n) is 8.43. The first-order valence-electron chi connectivity index (χ1n) is 4.29. The number of methoxy groups -OCH3 is 1. The standard InChI is InChI=1S/C10H13NO3.ClH/c1-13-10(12)8-2-4-9(5-3-8)14-7-6-11;/h2-5H,6-7,11H2,1H3;1H. The molecule has 0 atom stereocenters. The normalized spacial score (nSPS) is 8.93. The van der Waals surface area contributed by atoms with E-state index in [0.29, 0.717) is 24.5 Å². The number of hydrogen-bond acceptors (Lipinski definition) is 4. The fourth-order valence-corrected chi connectivity index (χ4v) is 0.982. The van der Waals surface area contributed by atoms with Crippen LogP contribution in [0, 0.1) is 0 Å². The fourth-order valence-electron chi connectivity index (χ4n) is 0.982. The molecule has 0 heterocycles. The molecule has 0 saturated carbocycles. The molecule has 0 amide bonds. The highest BCUT2D eigenvalue weighted by molar-refractivity contribution is 5.89. The topological polar surface area (TPSA) is 61.5 Å². The maximum Gasteiger partial charge on any atom is 0.337 e. The zero-order chi connectivity index (χ0) is 10.4. The van der Waals surface area contributed by atoms with E-state index >= 15 is 0 Å². The molecular formula is C10H14ClNO3. The van der Waals surface area contributed by atoms with Gasteiger partial charge in [0.05, 0.1) is 12.7 Å². The lowest BCUT2D eigenvalue weighted by atomic mass is 10.2. The summed E-state index contributed by atoms with van der Waals surface area (Å²) in [5.41, 5.74) is 5.78. The van der Waals surface area contributed by atoms with E-state index < -0.39 is 0 Å². The Bertz CT molecular complexity index is 300. The summed E-state index contributed by atoms with van der Waals surface area (Å²) >= 11 is 0. The van der Waals surface area contributed by atoms with Gasteiger partial charge in [-0.2, -0.15) is 0 Å². The van der Waals surface area contributed by atoms with Crippen molar-refractivity contribution >= 4 is 18.4 Å². The van der Waals surface area contributed by atoms with E-state index in [4.69, 9.17) is 10.5 Å². The Kier molecular flexibility index (Phi) is 6.49. The number of benzene rings is 1. The van der Waals surface area contributed by atoms with Crippen molar-refractivity contribution in [2.45, 2.75) is 0 Å². The van der Waals surface area contributed by atoms with Crippen molar-refractivity contribution in [1.29, 1.82) is 0 Å². The number of esters is 1. The Balaban J connectivity index is 0.00000196. The van der Waals surface area contributed by atoms with E-state index in [1.54, 1.807) is 24.3 Å². The van der Waals surface area contributed by atoms with Crippen LogP contribution in [0.2, 0.25) is 0 Å². The van der Waals surface area contributed by atoms with Crippen molar-refractivity contribution in [1.82, 2.24) is 0 Å². The largest absolute Gasteiger partial charge is 0.492 e. The average molecular weight is 232 g/mol. The van der Waals surface area contributed by atoms with Gasteiger partial charge in [-0.15, -0.1) is 12.4 Å². The highest BCUT2D eigenvalue weighted by atomic mass is 35.5. The summed E-state index contributed by atoms with van der Waals surface area (Å²) in [5.74, 6) is 0.346. The first-order chi connectivity index (χ1) is 6.77. The molecule has 1 rings (SSSR count). The molecule has 4 nitrogen and oxygen atoms in total. The Morgan fingerprint density at radius 2 is 1.93 bits per heavy atom. The molecule has 0 aromatic heterocycles. The van der Waals surface area contributed by atoms with Gasteiger partial charge in [0.2, 0.25) is 0 Å². The SMILES string of the molecule is COC(=O)c1ccc(OCCN)cc1.Cl. The Morgan fingerprint density at radius 1 is 1.33 bits per heavy atom. The molecule has 0 saturated heterocycles. The predicted molar refractivity (Wildman–Crippen MR) is 59.6 cm³/mol. The third-order valence-corrected chi connectivity index (χ3v) is 1.66. The van der Waals surface area contributed by atoms with Gasteiger partial charge in [-0.3, -0.25) is 0 Å². The minimum atomic E-state index is -0.352. The van der Waals surface area contributed by atoms with Crippen molar-refractivity contribution in [3.05, 3.63) is 29.8 Å². The highest BCUT2D eigenvalue weighted by Crippen LogP contribution is 2.12. The van der Waals surface area contributed by atoms with Gasteiger partial charge in [-0.25, -0.2) is 4.79 Å². The second-order valence-corrected chi connectivity index (χ2v) is 2.65. The second kappa shape index (κ2) is 7.09. The number of ether oxygens (including phenoxy) is 2. The van der Waals surface area contributed by atoms with E-state index in [0.717, 1.165) is 0 Å². The number of carbonyl (C=O) groups excluding carboxylic acids is 1. The van der Waals surface area contributed by atoms with Crippen LogP contribution in [-0.2, 0) is 4.74 Å².